The van der Waals surface area contributed by atoms with Crippen molar-refractivity contribution in [3.05, 3.63) is 0 Å². The predicted molar refractivity (Wildman–Crippen MR) is 46.7 cm³/mol. The number of imide groups is 1. The van der Waals surface area contributed by atoms with Crippen molar-refractivity contribution in [2.24, 2.45) is 5.84 Å². The molecule has 1 aliphatic heterocycles. The molecule has 14 heavy (non-hydrogen) atoms. The molecule has 1 fully saturated rings. The number of amides is 4. The molecule has 1 rings (SSSR count). The van der Waals surface area contributed by atoms with Gasteiger partial charge in [-0.2, -0.15) is 0 Å². The average molecular weight is 200 g/mol. The summed E-state index contributed by atoms with van der Waals surface area (Å²) in [4.78, 5) is 35.6. The predicted octanol–water partition coefficient (Wildman–Crippen LogP) is -1.74. The van der Waals surface area contributed by atoms with Crippen LogP contribution in [-0.4, -0.2) is 47.8 Å². The van der Waals surface area contributed by atoms with Crippen molar-refractivity contribution < 1.29 is 14.4 Å². The van der Waals surface area contributed by atoms with Gasteiger partial charge in [-0.3, -0.25) is 19.9 Å². The maximum absolute atomic E-state index is 11.3. The molecule has 7 heteroatoms. The molecule has 1 saturated heterocycles. The molecule has 3 N–H and O–H groups in total. The first-order valence-corrected chi connectivity index (χ1v) is 4.11. The van der Waals surface area contributed by atoms with E-state index >= 15 is 0 Å². The Kier molecular flexibility index (Phi) is 3.03. The van der Waals surface area contributed by atoms with Gasteiger partial charge in [0.1, 0.15) is 6.54 Å². The van der Waals surface area contributed by atoms with Crippen LogP contribution in [0.1, 0.15) is 6.42 Å². The molecule has 4 amide bonds. The fourth-order valence-corrected chi connectivity index (χ4v) is 1.17. The lowest BCUT2D eigenvalue weighted by molar-refractivity contribution is -0.126. The van der Waals surface area contributed by atoms with Crippen LogP contribution < -0.4 is 11.3 Å². The molecule has 7 nitrogen and oxygen atoms in total. The van der Waals surface area contributed by atoms with Gasteiger partial charge in [0.15, 0.2) is 0 Å². The Labute approximate surface area is 80.8 Å². The molecule has 0 atom stereocenters. The second-order valence-electron chi connectivity index (χ2n) is 3.00. The van der Waals surface area contributed by atoms with Crippen LogP contribution in [0, 0.1) is 0 Å². The molecule has 78 valence electrons. The summed E-state index contributed by atoms with van der Waals surface area (Å²) in [5.41, 5.74) is 1.93. The number of nitrogens with zero attached hydrogens (tertiary/aromatic N) is 2. The molecule has 0 aromatic carbocycles. The van der Waals surface area contributed by atoms with Crippen LogP contribution in [0.4, 0.5) is 4.79 Å². The van der Waals surface area contributed by atoms with E-state index in [0.717, 1.165) is 4.90 Å². The maximum Gasteiger partial charge on any atom is 0.326 e. The lowest BCUT2D eigenvalue weighted by Crippen LogP contribution is -2.37. The SMILES string of the molecule is CN1CC(=O)N(CCC(=O)NN)C1=O. The molecule has 0 radical (unpaired) electrons. The smallest absolute Gasteiger partial charge is 0.318 e. The van der Waals surface area contributed by atoms with E-state index in [1.807, 2.05) is 5.43 Å². The van der Waals surface area contributed by atoms with Crippen molar-refractivity contribution in [2.75, 3.05) is 20.1 Å². The molecular formula is C7H12N4O3. The normalized spacial score (nSPS) is 16.4. The summed E-state index contributed by atoms with van der Waals surface area (Å²) >= 11 is 0. The van der Waals surface area contributed by atoms with Gasteiger partial charge in [-0.25, -0.2) is 10.6 Å². The first kappa shape index (κ1) is 10.5. The highest BCUT2D eigenvalue weighted by molar-refractivity contribution is 6.02. The van der Waals surface area contributed by atoms with E-state index in [-0.39, 0.29) is 31.4 Å². The second kappa shape index (κ2) is 4.05. The van der Waals surface area contributed by atoms with Crippen LogP contribution in [-0.2, 0) is 9.59 Å². The van der Waals surface area contributed by atoms with E-state index < -0.39 is 5.91 Å². The number of likely N-dealkylation sites (N-methyl/N-ethyl adjacent to an activating group) is 1. The Morgan fingerprint density at radius 3 is 2.64 bits per heavy atom. The number of carbonyl (C=O) groups excluding carboxylic acids is 3. The fourth-order valence-electron chi connectivity index (χ4n) is 1.17. The standard InChI is InChI=1S/C7H12N4O3/c1-10-4-6(13)11(7(10)14)3-2-5(12)9-8/h2-4,8H2,1H3,(H,9,12). The van der Waals surface area contributed by atoms with Crippen molar-refractivity contribution in [3.63, 3.8) is 0 Å². The molecule has 0 bridgehead atoms. The van der Waals surface area contributed by atoms with Gasteiger partial charge in [-0.1, -0.05) is 0 Å². The van der Waals surface area contributed by atoms with Crippen molar-refractivity contribution in [1.29, 1.82) is 0 Å². The first-order chi connectivity index (χ1) is 6.56. The minimum Gasteiger partial charge on any atom is -0.318 e. The van der Waals surface area contributed by atoms with Gasteiger partial charge in [0.25, 0.3) is 0 Å². The van der Waals surface area contributed by atoms with Crippen LogP contribution >= 0.6 is 0 Å². The van der Waals surface area contributed by atoms with E-state index in [2.05, 4.69) is 0 Å². The van der Waals surface area contributed by atoms with Crippen LogP contribution in [0.5, 0.6) is 0 Å². The Bertz CT molecular complexity index is 278. The fraction of sp³-hybridized carbons (Fsp3) is 0.571. The first-order valence-electron chi connectivity index (χ1n) is 4.11. The van der Waals surface area contributed by atoms with Gasteiger partial charge in [0.2, 0.25) is 11.8 Å². The van der Waals surface area contributed by atoms with Crippen molar-refractivity contribution in [2.45, 2.75) is 6.42 Å². The van der Waals surface area contributed by atoms with Gasteiger partial charge in [-0.15, -0.1) is 0 Å². The Hall–Kier alpha value is -1.63. The number of carbonyl (C=O) groups is 3. The molecule has 0 unspecified atom stereocenters. The Balaban J connectivity index is 2.48. The Morgan fingerprint density at radius 1 is 1.57 bits per heavy atom. The second-order valence-corrected chi connectivity index (χ2v) is 3.00. The zero-order valence-electron chi connectivity index (χ0n) is 7.82. The molecule has 0 saturated carbocycles. The number of hydrogen-bond donors (Lipinski definition) is 2. The maximum atomic E-state index is 11.3. The topological polar surface area (TPSA) is 95.7 Å². The van der Waals surface area contributed by atoms with Crippen molar-refractivity contribution >= 4 is 17.8 Å². The summed E-state index contributed by atoms with van der Waals surface area (Å²) in [5, 5.41) is 0. The van der Waals surface area contributed by atoms with Crippen LogP contribution in [0.25, 0.3) is 0 Å². The number of hydrazine groups is 1. The van der Waals surface area contributed by atoms with Gasteiger partial charge < -0.3 is 4.90 Å². The number of urea groups is 1. The highest BCUT2D eigenvalue weighted by atomic mass is 16.2. The van der Waals surface area contributed by atoms with E-state index in [1.165, 1.54) is 11.9 Å². The third-order valence-electron chi connectivity index (χ3n) is 1.95. The van der Waals surface area contributed by atoms with Gasteiger partial charge in [-0.05, 0) is 0 Å². The van der Waals surface area contributed by atoms with Crippen LogP contribution in [0.3, 0.4) is 0 Å². The van der Waals surface area contributed by atoms with Crippen molar-refractivity contribution in [1.82, 2.24) is 15.2 Å². The number of nitrogens with two attached hydrogens (primary N) is 1. The van der Waals surface area contributed by atoms with E-state index in [9.17, 15) is 14.4 Å². The third kappa shape index (κ3) is 1.99. The summed E-state index contributed by atoms with van der Waals surface area (Å²) < 4.78 is 0. The minimum absolute atomic E-state index is 0.0296. The van der Waals surface area contributed by atoms with E-state index in [1.54, 1.807) is 0 Å². The summed E-state index contributed by atoms with van der Waals surface area (Å²) in [7, 11) is 1.53. The summed E-state index contributed by atoms with van der Waals surface area (Å²) in [6.07, 6.45) is 0.0296. The molecule has 0 aliphatic carbocycles. The molecule has 0 spiro atoms. The minimum atomic E-state index is -0.403. The largest absolute Gasteiger partial charge is 0.326 e. The summed E-state index contributed by atoms with van der Waals surface area (Å²) in [6, 6.07) is -0.375. The third-order valence-corrected chi connectivity index (χ3v) is 1.95. The quantitative estimate of drug-likeness (QED) is 0.244. The zero-order chi connectivity index (χ0) is 10.7. The number of nitrogens with one attached hydrogen (secondary N) is 1. The molecule has 0 aromatic heterocycles. The Morgan fingerprint density at radius 2 is 2.21 bits per heavy atom. The van der Waals surface area contributed by atoms with Gasteiger partial charge >= 0.3 is 6.03 Å². The lowest BCUT2D eigenvalue weighted by Gasteiger charge is -2.12. The number of rotatable bonds is 3. The van der Waals surface area contributed by atoms with Crippen LogP contribution in [0.2, 0.25) is 0 Å². The highest BCUT2D eigenvalue weighted by Crippen LogP contribution is 2.07. The number of hydrogen-bond acceptors (Lipinski definition) is 4. The van der Waals surface area contributed by atoms with Crippen LogP contribution in [0.15, 0.2) is 0 Å². The summed E-state index contributed by atoms with van der Waals surface area (Å²) in [6.45, 7) is 0.147. The monoisotopic (exact) mass is 200 g/mol. The van der Waals surface area contributed by atoms with Gasteiger partial charge in [0.05, 0.1) is 0 Å². The molecule has 1 heterocycles. The van der Waals surface area contributed by atoms with Crippen molar-refractivity contribution in [3.8, 4) is 0 Å². The van der Waals surface area contributed by atoms with E-state index in [0.29, 0.717) is 0 Å². The molecule has 1 aliphatic rings. The highest BCUT2D eigenvalue weighted by Gasteiger charge is 2.33. The zero-order valence-corrected chi connectivity index (χ0v) is 7.82. The molecular weight excluding hydrogens is 188 g/mol. The van der Waals surface area contributed by atoms with E-state index in [4.69, 9.17) is 5.84 Å². The molecule has 0 aromatic rings. The van der Waals surface area contributed by atoms with Gasteiger partial charge in [0, 0.05) is 20.0 Å². The average Bonchev–Trinajstić information content (AvgIpc) is 2.39. The lowest BCUT2D eigenvalue weighted by atomic mass is 10.4. The summed E-state index contributed by atoms with van der Waals surface area (Å²) in [5.74, 6) is 4.16.